The van der Waals surface area contributed by atoms with Crippen molar-refractivity contribution in [3.05, 3.63) is 163 Å². The van der Waals surface area contributed by atoms with Crippen LogP contribution in [-0.4, -0.2) is 19.5 Å². The molecule has 0 bridgehead atoms. The van der Waals surface area contributed by atoms with E-state index in [1.54, 1.807) is 0 Å². The Hall–Kier alpha value is -5.81. The molecule has 0 atom stereocenters. The van der Waals surface area contributed by atoms with E-state index in [0.717, 1.165) is 45.5 Å². The highest BCUT2D eigenvalue weighted by Gasteiger charge is 2.37. The molecule has 5 heteroatoms. The molecule has 7 aromatic rings. The second-order valence-electron chi connectivity index (χ2n) is 11.7. The third kappa shape index (κ3) is 4.35. The van der Waals surface area contributed by atoms with Crippen LogP contribution in [0.3, 0.4) is 0 Å². The van der Waals surface area contributed by atoms with E-state index in [-0.39, 0.29) is 5.41 Å². The highest BCUT2D eigenvalue weighted by molar-refractivity contribution is 5.93. The number of fused-ring (bicyclic) bond motifs is 2. The summed E-state index contributed by atoms with van der Waals surface area (Å²) in [6.45, 7) is 4.63. The monoisotopic (exact) mass is 581 g/mol. The van der Waals surface area contributed by atoms with Gasteiger partial charge in [-0.2, -0.15) is 0 Å². The molecule has 4 heterocycles. The van der Waals surface area contributed by atoms with Gasteiger partial charge in [0.15, 0.2) is 0 Å². The molecule has 8 rings (SSSR count). The minimum absolute atomic E-state index is 0.153. The van der Waals surface area contributed by atoms with E-state index in [1.807, 2.05) is 54.9 Å². The molecule has 3 aromatic heterocycles. The maximum absolute atomic E-state index is 5.43. The van der Waals surface area contributed by atoms with Crippen LogP contribution in [0.4, 0.5) is 17.1 Å². The minimum atomic E-state index is -0.153. The van der Waals surface area contributed by atoms with Crippen LogP contribution in [0, 0.1) is 0 Å². The van der Waals surface area contributed by atoms with Gasteiger partial charge in [-0.1, -0.05) is 92.7 Å². The van der Waals surface area contributed by atoms with E-state index in [4.69, 9.17) is 15.0 Å². The molecule has 45 heavy (non-hydrogen) atoms. The summed E-state index contributed by atoms with van der Waals surface area (Å²) >= 11 is 0. The number of pyridine rings is 2. The van der Waals surface area contributed by atoms with Crippen LogP contribution in [0.15, 0.2) is 152 Å². The van der Waals surface area contributed by atoms with Gasteiger partial charge in [-0.25, -0.2) is 4.98 Å². The molecule has 0 radical (unpaired) electrons. The molecule has 0 saturated carbocycles. The van der Waals surface area contributed by atoms with Gasteiger partial charge in [0.25, 0.3) is 0 Å². The summed E-state index contributed by atoms with van der Waals surface area (Å²) in [5.74, 6) is 0.818. The Labute approximate surface area is 263 Å². The van der Waals surface area contributed by atoms with Gasteiger partial charge in [-0.15, -0.1) is 0 Å². The number of rotatable bonds is 5. The largest absolute Gasteiger partial charge is 0.309 e. The Morgan fingerprint density at radius 3 is 1.67 bits per heavy atom. The first kappa shape index (κ1) is 26.8. The van der Waals surface area contributed by atoms with Gasteiger partial charge in [0.05, 0.1) is 28.5 Å². The van der Waals surface area contributed by atoms with Crippen molar-refractivity contribution in [3.63, 3.8) is 0 Å². The van der Waals surface area contributed by atoms with Crippen molar-refractivity contribution in [1.29, 1.82) is 0 Å². The number of anilines is 3. The maximum atomic E-state index is 5.43. The lowest BCUT2D eigenvalue weighted by atomic mass is 9.73. The molecule has 0 spiro atoms. The predicted octanol–water partition coefficient (Wildman–Crippen LogP) is 9.77. The van der Waals surface area contributed by atoms with Crippen LogP contribution in [0.1, 0.15) is 25.0 Å². The first-order chi connectivity index (χ1) is 22.1. The molecule has 1 aliphatic heterocycles. The number of hydrogen-bond acceptors (Lipinski definition) is 4. The number of para-hydroxylation sites is 4. The summed E-state index contributed by atoms with van der Waals surface area (Å²) in [4.78, 5) is 17.4. The van der Waals surface area contributed by atoms with Crippen molar-refractivity contribution in [2.75, 3.05) is 4.90 Å². The van der Waals surface area contributed by atoms with E-state index in [2.05, 4.69) is 120 Å². The molecule has 5 nitrogen and oxygen atoms in total. The third-order valence-corrected chi connectivity index (χ3v) is 8.73. The molecule has 1 aliphatic rings. The predicted molar refractivity (Wildman–Crippen MR) is 182 cm³/mol. The highest BCUT2D eigenvalue weighted by Crippen LogP contribution is 2.53. The van der Waals surface area contributed by atoms with Crippen LogP contribution >= 0.6 is 0 Å². The topological polar surface area (TPSA) is 46.8 Å². The molecule has 216 valence electrons. The Morgan fingerprint density at radius 1 is 0.511 bits per heavy atom. The fourth-order valence-corrected chi connectivity index (χ4v) is 6.64. The van der Waals surface area contributed by atoms with Crippen molar-refractivity contribution in [2.45, 2.75) is 19.3 Å². The van der Waals surface area contributed by atoms with Crippen molar-refractivity contribution in [1.82, 2.24) is 19.5 Å². The number of imidazole rings is 1. The molecule has 4 aromatic carbocycles. The zero-order valence-electron chi connectivity index (χ0n) is 25.2. The molecule has 0 unspecified atom stereocenters. The highest BCUT2D eigenvalue weighted by atomic mass is 15.2. The summed E-state index contributed by atoms with van der Waals surface area (Å²) in [5.41, 5.74) is 11.1. The SMILES string of the molecule is CC1(C)c2ccccc2N(c2ccccc2-c2nc(-c3ccccn3)c(-c3ccccn3)n2-c2ccccc2)c2ccccc21. The van der Waals surface area contributed by atoms with Crippen molar-refractivity contribution in [3.8, 4) is 39.9 Å². The van der Waals surface area contributed by atoms with Crippen LogP contribution in [0.2, 0.25) is 0 Å². The lowest BCUT2D eigenvalue weighted by Gasteiger charge is -2.42. The van der Waals surface area contributed by atoms with E-state index >= 15 is 0 Å². The van der Waals surface area contributed by atoms with E-state index < -0.39 is 0 Å². The van der Waals surface area contributed by atoms with Crippen LogP contribution in [0.5, 0.6) is 0 Å². The zero-order chi connectivity index (χ0) is 30.4. The van der Waals surface area contributed by atoms with Crippen molar-refractivity contribution in [2.24, 2.45) is 0 Å². The number of benzene rings is 4. The summed E-state index contributed by atoms with van der Waals surface area (Å²) in [6, 6.07) is 48.4. The molecule has 0 saturated heterocycles. The molecular formula is C40H31N5. The van der Waals surface area contributed by atoms with Gasteiger partial charge >= 0.3 is 0 Å². The third-order valence-electron chi connectivity index (χ3n) is 8.73. The van der Waals surface area contributed by atoms with Crippen molar-refractivity contribution < 1.29 is 0 Å². The van der Waals surface area contributed by atoms with Crippen molar-refractivity contribution >= 4 is 17.1 Å². The normalized spacial score (nSPS) is 13.2. The van der Waals surface area contributed by atoms with Crippen LogP contribution in [-0.2, 0) is 5.41 Å². The minimum Gasteiger partial charge on any atom is -0.309 e. The first-order valence-corrected chi connectivity index (χ1v) is 15.2. The number of aromatic nitrogens is 4. The Kier molecular flexibility index (Phi) is 6.38. The van der Waals surface area contributed by atoms with Crippen LogP contribution in [0.25, 0.3) is 39.9 Å². The Morgan fingerprint density at radius 2 is 1.04 bits per heavy atom. The number of nitrogens with zero attached hydrogens (tertiary/aromatic N) is 5. The second kappa shape index (κ2) is 10.7. The summed E-state index contributed by atoms with van der Waals surface area (Å²) in [6.07, 6.45) is 3.65. The Balaban J connectivity index is 1.46. The van der Waals surface area contributed by atoms with Gasteiger partial charge in [0.2, 0.25) is 0 Å². The average molecular weight is 582 g/mol. The van der Waals surface area contributed by atoms with E-state index in [0.29, 0.717) is 0 Å². The molecule has 0 amide bonds. The first-order valence-electron chi connectivity index (χ1n) is 15.2. The summed E-state index contributed by atoms with van der Waals surface area (Å²) in [5, 5.41) is 0. The van der Waals surface area contributed by atoms with Gasteiger partial charge in [-0.05, 0) is 71.8 Å². The lowest BCUT2D eigenvalue weighted by molar-refractivity contribution is 0.632. The molecule has 0 N–H and O–H groups in total. The molecule has 0 aliphatic carbocycles. The standard InChI is InChI=1S/C40H31N5/c1-40(2)30-19-7-10-24-35(30)45(36-25-11-8-20-31(36)40)34-23-9-6-18-29(34)39-43-37(32-21-12-14-26-41-32)38(33-22-13-15-27-42-33)44(39)28-16-4-3-5-17-28/h3-27H,1-2H3. The molecule has 0 fully saturated rings. The van der Waals surface area contributed by atoms with E-state index in [1.165, 1.54) is 22.5 Å². The summed E-state index contributed by atoms with van der Waals surface area (Å²) < 4.78 is 2.23. The lowest BCUT2D eigenvalue weighted by Crippen LogP contribution is -2.30. The fraction of sp³-hybridized carbons (Fsp3) is 0.0750. The smallest absolute Gasteiger partial charge is 0.148 e. The Bertz CT molecular complexity index is 2080. The van der Waals surface area contributed by atoms with Gasteiger partial charge in [-0.3, -0.25) is 14.5 Å². The fourth-order valence-electron chi connectivity index (χ4n) is 6.64. The van der Waals surface area contributed by atoms with Crippen LogP contribution < -0.4 is 4.90 Å². The molecular weight excluding hydrogens is 550 g/mol. The summed E-state index contributed by atoms with van der Waals surface area (Å²) in [7, 11) is 0. The van der Waals surface area contributed by atoms with Gasteiger partial charge in [0.1, 0.15) is 17.2 Å². The quantitative estimate of drug-likeness (QED) is 0.203. The zero-order valence-corrected chi connectivity index (χ0v) is 25.2. The number of hydrogen-bond donors (Lipinski definition) is 0. The van der Waals surface area contributed by atoms with Gasteiger partial charge in [0, 0.05) is 29.1 Å². The van der Waals surface area contributed by atoms with E-state index in [9.17, 15) is 0 Å². The average Bonchev–Trinajstić information content (AvgIpc) is 3.51. The van der Waals surface area contributed by atoms with Gasteiger partial charge < -0.3 is 4.90 Å². The maximum Gasteiger partial charge on any atom is 0.148 e. The second-order valence-corrected chi connectivity index (χ2v) is 11.7.